The van der Waals surface area contributed by atoms with Gasteiger partial charge in [0.1, 0.15) is 0 Å². The summed E-state index contributed by atoms with van der Waals surface area (Å²) in [7, 11) is 1.68. The molecule has 2 fully saturated rings. The first-order valence-corrected chi connectivity index (χ1v) is 6.85. The van der Waals surface area contributed by atoms with Gasteiger partial charge in [0.2, 0.25) is 5.91 Å². The number of urea groups is 1. The first-order valence-electron chi connectivity index (χ1n) is 6.85. The predicted molar refractivity (Wildman–Crippen MR) is 73.5 cm³/mol. The Hall–Kier alpha value is -1.83. The highest BCUT2D eigenvalue weighted by Crippen LogP contribution is 2.10. The Labute approximate surface area is 117 Å². The summed E-state index contributed by atoms with van der Waals surface area (Å²) >= 11 is 0. The van der Waals surface area contributed by atoms with Crippen LogP contribution in [-0.2, 0) is 9.53 Å². The summed E-state index contributed by atoms with van der Waals surface area (Å²) in [5.74, 6) is 0.451. The van der Waals surface area contributed by atoms with Crippen LogP contribution in [0, 0.1) is 0 Å². The van der Waals surface area contributed by atoms with Crippen molar-refractivity contribution in [3.8, 4) is 0 Å². The van der Waals surface area contributed by atoms with Crippen molar-refractivity contribution in [2.75, 3.05) is 39.8 Å². The van der Waals surface area contributed by atoms with Crippen LogP contribution in [0.15, 0.2) is 4.99 Å². The van der Waals surface area contributed by atoms with Crippen LogP contribution >= 0.6 is 0 Å². The number of hydrogen-bond donors (Lipinski definition) is 3. The van der Waals surface area contributed by atoms with Crippen molar-refractivity contribution < 1.29 is 14.3 Å². The molecule has 2 heterocycles. The van der Waals surface area contributed by atoms with Crippen LogP contribution in [0.1, 0.15) is 12.8 Å². The van der Waals surface area contributed by atoms with Crippen molar-refractivity contribution in [1.82, 2.24) is 20.9 Å². The second-order valence-corrected chi connectivity index (χ2v) is 4.72. The van der Waals surface area contributed by atoms with Gasteiger partial charge >= 0.3 is 6.03 Å². The molecule has 20 heavy (non-hydrogen) atoms. The smallest absolute Gasteiger partial charge is 0.324 e. The summed E-state index contributed by atoms with van der Waals surface area (Å²) in [6.07, 6.45) is 2.40. The van der Waals surface area contributed by atoms with E-state index in [-0.39, 0.29) is 24.6 Å². The lowest BCUT2D eigenvalue weighted by molar-refractivity contribution is -0.124. The molecule has 2 aliphatic heterocycles. The first-order chi connectivity index (χ1) is 9.70. The third-order valence-electron chi connectivity index (χ3n) is 3.31. The number of rotatable bonds is 5. The molecule has 2 rings (SSSR count). The molecule has 112 valence electrons. The number of imide groups is 1. The van der Waals surface area contributed by atoms with Crippen LogP contribution in [-0.4, -0.2) is 68.7 Å². The van der Waals surface area contributed by atoms with Crippen LogP contribution < -0.4 is 16.0 Å². The number of amides is 3. The topological polar surface area (TPSA) is 95.1 Å². The van der Waals surface area contributed by atoms with Gasteiger partial charge in [-0.1, -0.05) is 0 Å². The van der Waals surface area contributed by atoms with Gasteiger partial charge in [-0.15, -0.1) is 0 Å². The fourth-order valence-corrected chi connectivity index (χ4v) is 2.20. The van der Waals surface area contributed by atoms with Crippen molar-refractivity contribution in [2.24, 2.45) is 4.99 Å². The van der Waals surface area contributed by atoms with Gasteiger partial charge in [-0.25, -0.2) is 4.79 Å². The largest absolute Gasteiger partial charge is 0.376 e. The molecule has 0 aromatic heterocycles. The third-order valence-corrected chi connectivity index (χ3v) is 3.31. The lowest BCUT2D eigenvalue weighted by Gasteiger charge is -2.17. The Balaban J connectivity index is 1.66. The highest BCUT2D eigenvalue weighted by atomic mass is 16.5. The van der Waals surface area contributed by atoms with Crippen molar-refractivity contribution >= 4 is 17.9 Å². The molecule has 0 aromatic carbocycles. The summed E-state index contributed by atoms with van der Waals surface area (Å²) in [4.78, 5) is 28.0. The molecule has 0 bridgehead atoms. The Bertz CT molecular complexity index is 377. The van der Waals surface area contributed by atoms with Gasteiger partial charge in [-0.05, 0) is 12.8 Å². The number of carbonyl (C=O) groups excluding carboxylic acids is 2. The number of nitrogens with zero attached hydrogens (tertiary/aromatic N) is 2. The molecule has 3 N–H and O–H groups in total. The summed E-state index contributed by atoms with van der Waals surface area (Å²) in [6, 6.07) is -0.334. The number of hydrogen-bond acceptors (Lipinski definition) is 4. The van der Waals surface area contributed by atoms with Crippen LogP contribution in [0.3, 0.4) is 0 Å². The molecule has 0 aromatic rings. The summed E-state index contributed by atoms with van der Waals surface area (Å²) < 4.78 is 5.51. The lowest BCUT2D eigenvalue weighted by Crippen LogP contribution is -2.45. The number of carbonyl (C=O) groups is 2. The molecule has 2 saturated heterocycles. The van der Waals surface area contributed by atoms with Gasteiger partial charge < -0.3 is 20.7 Å². The van der Waals surface area contributed by atoms with E-state index >= 15 is 0 Å². The molecule has 1 atom stereocenters. The zero-order valence-electron chi connectivity index (χ0n) is 11.6. The van der Waals surface area contributed by atoms with Gasteiger partial charge in [0, 0.05) is 33.3 Å². The monoisotopic (exact) mass is 283 g/mol. The Morgan fingerprint density at radius 2 is 2.35 bits per heavy atom. The standard InChI is InChI=1S/C12H21N5O3/c1-13-11(15-7-9-3-2-6-20-9)14-4-5-17-10(18)8-16-12(17)19/h9H,2-8H2,1H3,(H,16,19)(H2,13,14,15). The van der Waals surface area contributed by atoms with E-state index in [4.69, 9.17) is 4.74 Å². The first kappa shape index (κ1) is 14.6. The van der Waals surface area contributed by atoms with Crippen molar-refractivity contribution in [2.45, 2.75) is 18.9 Å². The van der Waals surface area contributed by atoms with Gasteiger partial charge in [-0.3, -0.25) is 14.7 Å². The normalized spacial score (nSPS) is 23.1. The number of ether oxygens (including phenoxy) is 1. The minimum Gasteiger partial charge on any atom is -0.376 e. The SMILES string of the molecule is CN=C(NCCN1C(=O)CNC1=O)NCC1CCCO1. The van der Waals surface area contributed by atoms with Crippen molar-refractivity contribution in [3.05, 3.63) is 0 Å². The molecule has 1 unspecified atom stereocenters. The number of aliphatic imine (C=N–C) groups is 1. The van der Waals surface area contributed by atoms with E-state index in [1.807, 2.05) is 0 Å². The van der Waals surface area contributed by atoms with E-state index in [0.717, 1.165) is 19.4 Å². The molecule has 0 aliphatic carbocycles. The lowest BCUT2D eigenvalue weighted by atomic mass is 10.2. The third kappa shape index (κ3) is 3.83. The molecule has 0 saturated carbocycles. The second kappa shape index (κ2) is 7.09. The molecule has 3 amide bonds. The average Bonchev–Trinajstić information content (AvgIpc) is 3.06. The van der Waals surface area contributed by atoms with Crippen molar-refractivity contribution in [3.63, 3.8) is 0 Å². The highest BCUT2D eigenvalue weighted by molar-refractivity contribution is 6.01. The summed E-state index contributed by atoms with van der Waals surface area (Å²) in [6.45, 7) is 2.41. The van der Waals surface area contributed by atoms with Crippen molar-refractivity contribution in [1.29, 1.82) is 0 Å². The summed E-state index contributed by atoms with van der Waals surface area (Å²) in [5, 5.41) is 8.72. The van der Waals surface area contributed by atoms with E-state index in [1.165, 1.54) is 4.90 Å². The second-order valence-electron chi connectivity index (χ2n) is 4.72. The fraction of sp³-hybridized carbons (Fsp3) is 0.750. The predicted octanol–water partition coefficient (Wildman–Crippen LogP) is -1.12. The van der Waals surface area contributed by atoms with Crippen LogP contribution in [0.2, 0.25) is 0 Å². The molecule has 2 aliphatic rings. The van der Waals surface area contributed by atoms with E-state index in [2.05, 4.69) is 20.9 Å². The zero-order chi connectivity index (χ0) is 14.4. The average molecular weight is 283 g/mol. The Morgan fingerprint density at radius 1 is 1.50 bits per heavy atom. The van der Waals surface area contributed by atoms with Crippen LogP contribution in [0.5, 0.6) is 0 Å². The molecular weight excluding hydrogens is 262 g/mol. The zero-order valence-corrected chi connectivity index (χ0v) is 11.6. The Morgan fingerprint density at radius 3 is 2.95 bits per heavy atom. The minimum absolute atomic E-state index is 0.0881. The van der Waals surface area contributed by atoms with Gasteiger partial charge in [-0.2, -0.15) is 0 Å². The molecule has 8 nitrogen and oxygen atoms in total. The van der Waals surface area contributed by atoms with Gasteiger partial charge in [0.15, 0.2) is 5.96 Å². The quantitative estimate of drug-likeness (QED) is 0.337. The van der Waals surface area contributed by atoms with E-state index < -0.39 is 0 Å². The van der Waals surface area contributed by atoms with E-state index in [9.17, 15) is 9.59 Å². The van der Waals surface area contributed by atoms with E-state index in [0.29, 0.717) is 25.6 Å². The maximum Gasteiger partial charge on any atom is 0.324 e. The maximum absolute atomic E-state index is 11.4. The maximum atomic E-state index is 11.4. The minimum atomic E-state index is -0.334. The van der Waals surface area contributed by atoms with E-state index in [1.54, 1.807) is 7.05 Å². The van der Waals surface area contributed by atoms with Gasteiger partial charge in [0.25, 0.3) is 0 Å². The Kier molecular flexibility index (Phi) is 5.16. The van der Waals surface area contributed by atoms with Crippen LogP contribution in [0.25, 0.3) is 0 Å². The molecule has 0 spiro atoms. The van der Waals surface area contributed by atoms with Gasteiger partial charge in [0.05, 0.1) is 12.6 Å². The fourth-order valence-electron chi connectivity index (χ4n) is 2.20. The number of guanidine groups is 1. The van der Waals surface area contributed by atoms with Crippen LogP contribution in [0.4, 0.5) is 4.79 Å². The molecule has 8 heteroatoms. The molecule has 0 radical (unpaired) electrons. The highest BCUT2D eigenvalue weighted by Gasteiger charge is 2.27. The number of nitrogens with one attached hydrogen (secondary N) is 3. The summed E-state index contributed by atoms with van der Waals surface area (Å²) in [5.41, 5.74) is 0. The molecular formula is C12H21N5O3.